The molecule has 2 bridgehead atoms. The Morgan fingerprint density at radius 2 is 2.25 bits per heavy atom. The summed E-state index contributed by atoms with van der Waals surface area (Å²) >= 11 is 0. The molecule has 20 heavy (non-hydrogen) atoms. The molecule has 3 rings (SSSR count). The normalized spacial score (nSPS) is 27.6. The van der Waals surface area contributed by atoms with Gasteiger partial charge in [-0.15, -0.1) is 0 Å². The molecule has 2 N–H and O–H groups in total. The Morgan fingerprint density at radius 1 is 1.40 bits per heavy atom. The predicted octanol–water partition coefficient (Wildman–Crippen LogP) is 3.17. The van der Waals surface area contributed by atoms with Gasteiger partial charge in [0.05, 0.1) is 7.11 Å². The number of hydrogen-bond acceptors (Lipinski definition) is 3. The number of ether oxygens (including phenoxy) is 1. The summed E-state index contributed by atoms with van der Waals surface area (Å²) in [6.45, 7) is 0. The zero-order valence-electron chi connectivity index (χ0n) is 11.8. The topological polar surface area (TPSA) is 58.6 Å². The molecule has 0 spiro atoms. The number of fused-ring (bicyclic) bond motifs is 2. The van der Waals surface area contributed by atoms with Crippen LogP contribution in [0.25, 0.3) is 0 Å². The molecule has 0 unspecified atom stereocenters. The monoisotopic (exact) mass is 275 g/mol. The fourth-order valence-electron chi connectivity index (χ4n) is 3.84. The van der Waals surface area contributed by atoms with Crippen LogP contribution >= 0.6 is 0 Å². The van der Waals surface area contributed by atoms with Crippen molar-refractivity contribution >= 4 is 11.6 Å². The molecule has 1 aromatic rings. The number of anilines is 1. The maximum absolute atomic E-state index is 12.1. The molecular weight excluding hydrogens is 254 g/mol. The summed E-state index contributed by atoms with van der Waals surface area (Å²) in [7, 11) is 1.50. The van der Waals surface area contributed by atoms with E-state index in [-0.39, 0.29) is 11.7 Å². The van der Waals surface area contributed by atoms with Crippen molar-refractivity contribution in [3.8, 4) is 11.5 Å². The SMILES string of the molecule is COc1ccc(NC(=O)C[C@H]2C[C@@H]3CC[C@@H]2C3)cc1O. The second-order valence-electron chi connectivity index (χ2n) is 6.07. The highest BCUT2D eigenvalue weighted by atomic mass is 16.5. The van der Waals surface area contributed by atoms with Gasteiger partial charge in [-0.05, 0) is 49.1 Å². The van der Waals surface area contributed by atoms with E-state index in [9.17, 15) is 9.90 Å². The molecule has 4 heteroatoms. The van der Waals surface area contributed by atoms with Crippen molar-refractivity contribution in [2.24, 2.45) is 17.8 Å². The number of carbonyl (C=O) groups excluding carboxylic acids is 1. The minimum absolute atomic E-state index is 0.0465. The molecular formula is C16H21NO3. The van der Waals surface area contributed by atoms with Crippen molar-refractivity contribution < 1.29 is 14.6 Å². The standard InChI is InChI=1S/C16H21NO3/c1-20-15-5-4-13(9-14(15)18)17-16(19)8-12-7-10-2-3-11(12)6-10/h4-5,9-12,18H,2-3,6-8H2,1H3,(H,17,19)/t10-,11-,12-/m1/s1. The zero-order chi connectivity index (χ0) is 14.1. The number of rotatable bonds is 4. The van der Waals surface area contributed by atoms with Gasteiger partial charge in [-0.25, -0.2) is 0 Å². The summed E-state index contributed by atoms with van der Waals surface area (Å²) in [5.41, 5.74) is 0.622. The number of amides is 1. The fraction of sp³-hybridized carbons (Fsp3) is 0.562. The summed E-state index contributed by atoms with van der Waals surface area (Å²) in [5, 5.41) is 12.6. The maximum Gasteiger partial charge on any atom is 0.224 e. The molecule has 0 saturated heterocycles. The third-order valence-electron chi connectivity index (χ3n) is 4.79. The number of nitrogens with one attached hydrogen (secondary N) is 1. The van der Waals surface area contributed by atoms with Crippen LogP contribution in [0.3, 0.4) is 0 Å². The number of hydrogen-bond donors (Lipinski definition) is 2. The number of benzene rings is 1. The summed E-state index contributed by atoms with van der Waals surface area (Å²) in [4.78, 5) is 12.1. The summed E-state index contributed by atoms with van der Waals surface area (Å²) in [6.07, 6.45) is 5.79. The van der Waals surface area contributed by atoms with Crippen LogP contribution in [0.1, 0.15) is 32.1 Å². The molecule has 2 saturated carbocycles. The van der Waals surface area contributed by atoms with Crippen molar-refractivity contribution in [2.45, 2.75) is 32.1 Å². The highest BCUT2D eigenvalue weighted by molar-refractivity contribution is 5.91. The van der Waals surface area contributed by atoms with Crippen molar-refractivity contribution in [2.75, 3.05) is 12.4 Å². The first-order valence-corrected chi connectivity index (χ1v) is 7.32. The smallest absolute Gasteiger partial charge is 0.224 e. The second-order valence-corrected chi connectivity index (χ2v) is 6.07. The lowest BCUT2D eigenvalue weighted by atomic mass is 9.86. The average Bonchev–Trinajstić information content (AvgIpc) is 3.01. The molecule has 108 valence electrons. The van der Waals surface area contributed by atoms with Crippen LogP contribution < -0.4 is 10.1 Å². The van der Waals surface area contributed by atoms with Crippen LogP contribution in [0, 0.1) is 17.8 Å². The summed E-state index contributed by atoms with van der Waals surface area (Å²) < 4.78 is 4.98. The Bertz CT molecular complexity index is 514. The van der Waals surface area contributed by atoms with Crippen LogP contribution in [0.15, 0.2) is 18.2 Å². The lowest BCUT2D eigenvalue weighted by Gasteiger charge is -2.20. The molecule has 2 fully saturated rings. The number of phenolic OH excluding ortho intramolecular Hbond substituents is 1. The molecule has 0 radical (unpaired) electrons. The van der Waals surface area contributed by atoms with Gasteiger partial charge >= 0.3 is 0 Å². The highest BCUT2D eigenvalue weighted by Crippen LogP contribution is 2.49. The van der Waals surface area contributed by atoms with Crippen molar-refractivity contribution in [3.05, 3.63) is 18.2 Å². The fourth-order valence-corrected chi connectivity index (χ4v) is 3.84. The van der Waals surface area contributed by atoms with Crippen molar-refractivity contribution in [3.63, 3.8) is 0 Å². The van der Waals surface area contributed by atoms with E-state index < -0.39 is 0 Å². The van der Waals surface area contributed by atoms with Gasteiger partial charge < -0.3 is 15.2 Å². The van der Waals surface area contributed by atoms with E-state index in [4.69, 9.17) is 4.74 Å². The van der Waals surface area contributed by atoms with Gasteiger partial charge in [-0.2, -0.15) is 0 Å². The van der Waals surface area contributed by atoms with E-state index in [1.807, 2.05) is 0 Å². The molecule has 2 aliphatic rings. The lowest BCUT2D eigenvalue weighted by molar-refractivity contribution is -0.117. The van der Waals surface area contributed by atoms with Gasteiger partial charge in [-0.1, -0.05) is 6.42 Å². The highest BCUT2D eigenvalue weighted by Gasteiger charge is 2.40. The maximum atomic E-state index is 12.1. The number of carbonyl (C=O) groups is 1. The second kappa shape index (κ2) is 5.35. The third kappa shape index (κ3) is 2.60. The number of phenols is 1. The lowest BCUT2D eigenvalue weighted by Crippen LogP contribution is -2.20. The Hall–Kier alpha value is -1.71. The summed E-state index contributed by atoms with van der Waals surface area (Å²) in [5.74, 6) is 2.69. The van der Waals surface area contributed by atoms with Gasteiger partial charge in [0.15, 0.2) is 11.5 Å². The minimum Gasteiger partial charge on any atom is -0.504 e. The van der Waals surface area contributed by atoms with Crippen LogP contribution in [0.4, 0.5) is 5.69 Å². The molecule has 0 aromatic heterocycles. The quantitative estimate of drug-likeness (QED) is 0.887. The van der Waals surface area contributed by atoms with Crippen LogP contribution in [0.2, 0.25) is 0 Å². The zero-order valence-corrected chi connectivity index (χ0v) is 11.8. The largest absolute Gasteiger partial charge is 0.504 e. The molecule has 1 amide bonds. The molecule has 3 atom stereocenters. The first-order chi connectivity index (χ1) is 9.65. The van der Waals surface area contributed by atoms with Crippen LogP contribution in [-0.2, 0) is 4.79 Å². The van der Waals surface area contributed by atoms with Crippen molar-refractivity contribution in [1.82, 2.24) is 0 Å². The van der Waals surface area contributed by atoms with Crippen LogP contribution in [-0.4, -0.2) is 18.1 Å². The minimum atomic E-state index is 0.0465. The van der Waals surface area contributed by atoms with E-state index in [0.29, 0.717) is 23.8 Å². The number of methoxy groups -OCH3 is 1. The van der Waals surface area contributed by atoms with Crippen molar-refractivity contribution in [1.29, 1.82) is 0 Å². The van der Waals surface area contributed by atoms with Gasteiger partial charge in [0.1, 0.15) is 0 Å². The molecule has 1 aromatic carbocycles. The molecule has 4 nitrogen and oxygen atoms in total. The van der Waals surface area contributed by atoms with Crippen LogP contribution in [0.5, 0.6) is 11.5 Å². The third-order valence-corrected chi connectivity index (χ3v) is 4.79. The molecule has 0 heterocycles. The van der Waals surface area contributed by atoms with E-state index in [1.54, 1.807) is 12.1 Å². The Kier molecular flexibility index (Phi) is 3.55. The van der Waals surface area contributed by atoms with Gasteiger partial charge in [-0.3, -0.25) is 4.79 Å². The Morgan fingerprint density at radius 3 is 2.85 bits per heavy atom. The average molecular weight is 275 g/mol. The number of aromatic hydroxyl groups is 1. The van der Waals surface area contributed by atoms with E-state index in [1.165, 1.54) is 38.9 Å². The Labute approximate surface area is 119 Å². The molecule has 0 aliphatic heterocycles. The Balaban J connectivity index is 1.57. The van der Waals surface area contributed by atoms with E-state index in [2.05, 4.69) is 5.32 Å². The summed E-state index contributed by atoms with van der Waals surface area (Å²) in [6, 6.07) is 4.93. The van der Waals surface area contributed by atoms with Gasteiger partial charge in [0, 0.05) is 18.2 Å². The van der Waals surface area contributed by atoms with Gasteiger partial charge in [0.25, 0.3) is 0 Å². The molecule has 2 aliphatic carbocycles. The van der Waals surface area contributed by atoms with Gasteiger partial charge in [0.2, 0.25) is 5.91 Å². The van der Waals surface area contributed by atoms with E-state index in [0.717, 1.165) is 11.8 Å². The predicted molar refractivity (Wildman–Crippen MR) is 76.8 cm³/mol. The first-order valence-electron chi connectivity index (χ1n) is 7.32. The first kappa shape index (κ1) is 13.3. The van der Waals surface area contributed by atoms with E-state index >= 15 is 0 Å².